The molecule has 0 heterocycles. The molecule has 0 N–H and O–H groups in total. The van der Waals surface area contributed by atoms with Gasteiger partial charge >= 0.3 is 0 Å². The lowest BCUT2D eigenvalue weighted by Crippen LogP contribution is -2.39. The summed E-state index contributed by atoms with van der Waals surface area (Å²) in [7, 11) is 0. The van der Waals surface area contributed by atoms with Gasteiger partial charge in [0, 0.05) is 12.3 Å². The molecule has 2 rings (SSSR count). The Hall–Kier alpha value is -0.590. The third kappa shape index (κ3) is 2.23. The lowest BCUT2D eigenvalue weighted by Gasteiger charge is -2.42. The molecule has 0 aromatic heterocycles. The highest BCUT2D eigenvalue weighted by atomic mass is 16.1. The molecule has 1 saturated carbocycles. The lowest BCUT2D eigenvalue weighted by molar-refractivity contribution is -0.130. The number of carbonyl (C=O) groups is 1. The maximum absolute atomic E-state index is 12.2. The summed E-state index contributed by atoms with van der Waals surface area (Å²) in [6.45, 7) is 9.03. The molecule has 1 heteroatoms. The molecule has 1 nitrogen and oxygen atoms in total. The molecular weight excluding hydrogens is 196 g/mol. The second kappa shape index (κ2) is 4.01. The molecule has 16 heavy (non-hydrogen) atoms. The van der Waals surface area contributed by atoms with Gasteiger partial charge in [-0.1, -0.05) is 32.4 Å². The van der Waals surface area contributed by atoms with Crippen LogP contribution >= 0.6 is 0 Å². The average molecular weight is 220 g/mol. The molecule has 0 radical (unpaired) electrons. The summed E-state index contributed by atoms with van der Waals surface area (Å²) in [4.78, 5) is 12.2. The fourth-order valence-electron chi connectivity index (χ4n) is 3.30. The molecule has 1 fully saturated rings. The highest BCUT2D eigenvalue weighted by Crippen LogP contribution is 2.45. The van der Waals surface area contributed by atoms with Crippen LogP contribution in [-0.2, 0) is 4.79 Å². The summed E-state index contributed by atoms with van der Waals surface area (Å²) in [5, 5.41) is 0. The zero-order valence-corrected chi connectivity index (χ0v) is 11.0. The SMILES string of the molecule is CC1=CC[C@H]2C(=O)C[C@H](C(C)(C)C)C[C@H]2C1. The molecule has 3 atom stereocenters. The van der Waals surface area contributed by atoms with Crippen LogP contribution in [0.3, 0.4) is 0 Å². The third-order valence-corrected chi connectivity index (χ3v) is 4.55. The van der Waals surface area contributed by atoms with Gasteiger partial charge in [-0.05, 0) is 43.4 Å². The first-order chi connectivity index (χ1) is 7.38. The van der Waals surface area contributed by atoms with Crippen LogP contribution in [-0.4, -0.2) is 5.78 Å². The Kier molecular flexibility index (Phi) is 2.98. The van der Waals surface area contributed by atoms with E-state index in [1.54, 1.807) is 0 Å². The largest absolute Gasteiger partial charge is 0.299 e. The molecule has 0 aliphatic heterocycles. The van der Waals surface area contributed by atoms with Crippen LogP contribution in [0.5, 0.6) is 0 Å². The van der Waals surface area contributed by atoms with Gasteiger partial charge in [-0.25, -0.2) is 0 Å². The van der Waals surface area contributed by atoms with E-state index >= 15 is 0 Å². The summed E-state index contributed by atoms with van der Waals surface area (Å²) in [5.74, 6) is 2.10. The predicted molar refractivity (Wildman–Crippen MR) is 67.2 cm³/mol. The number of rotatable bonds is 0. The first-order valence-corrected chi connectivity index (χ1v) is 6.56. The van der Waals surface area contributed by atoms with Crippen molar-refractivity contribution in [3.8, 4) is 0 Å². The van der Waals surface area contributed by atoms with Crippen molar-refractivity contribution in [1.29, 1.82) is 0 Å². The number of Topliss-reactive ketones (excluding diaryl/α,β-unsaturated/α-hetero) is 1. The highest BCUT2D eigenvalue weighted by Gasteiger charge is 2.41. The Morgan fingerprint density at radius 1 is 1.25 bits per heavy atom. The molecule has 90 valence electrons. The third-order valence-electron chi connectivity index (χ3n) is 4.55. The molecule has 2 aliphatic carbocycles. The number of ketones is 1. The van der Waals surface area contributed by atoms with E-state index in [-0.39, 0.29) is 5.41 Å². The van der Waals surface area contributed by atoms with E-state index in [9.17, 15) is 4.79 Å². The van der Waals surface area contributed by atoms with Gasteiger partial charge in [-0.15, -0.1) is 0 Å². The Morgan fingerprint density at radius 2 is 1.94 bits per heavy atom. The molecule has 0 saturated heterocycles. The molecule has 2 aliphatic rings. The minimum Gasteiger partial charge on any atom is -0.299 e. The first kappa shape index (κ1) is 11.9. The maximum atomic E-state index is 12.2. The Balaban J connectivity index is 2.15. The van der Waals surface area contributed by atoms with Gasteiger partial charge in [-0.3, -0.25) is 4.79 Å². The fraction of sp³-hybridized carbons (Fsp3) is 0.800. The van der Waals surface area contributed by atoms with Crippen molar-refractivity contribution in [2.24, 2.45) is 23.2 Å². The highest BCUT2D eigenvalue weighted by molar-refractivity contribution is 5.82. The van der Waals surface area contributed by atoms with Crippen LogP contribution in [0.25, 0.3) is 0 Å². The average Bonchev–Trinajstić information content (AvgIpc) is 2.15. The summed E-state index contributed by atoms with van der Waals surface area (Å²) < 4.78 is 0. The van der Waals surface area contributed by atoms with Crippen molar-refractivity contribution in [2.75, 3.05) is 0 Å². The summed E-state index contributed by atoms with van der Waals surface area (Å²) in [5.41, 5.74) is 1.78. The summed E-state index contributed by atoms with van der Waals surface area (Å²) in [6, 6.07) is 0. The molecule has 0 spiro atoms. The molecule has 0 aromatic carbocycles. The molecular formula is C15H24O. The second-order valence-corrected chi connectivity index (χ2v) is 6.83. The molecule has 0 amide bonds. The van der Waals surface area contributed by atoms with Gasteiger partial charge in [0.1, 0.15) is 5.78 Å². The van der Waals surface area contributed by atoms with Crippen molar-refractivity contribution in [2.45, 2.75) is 53.4 Å². The first-order valence-electron chi connectivity index (χ1n) is 6.56. The van der Waals surface area contributed by atoms with E-state index in [1.807, 2.05) is 0 Å². The van der Waals surface area contributed by atoms with E-state index in [0.29, 0.717) is 23.5 Å². The number of carbonyl (C=O) groups excluding carboxylic acids is 1. The van der Waals surface area contributed by atoms with Crippen molar-refractivity contribution >= 4 is 5.78 Å². The van der Waals surface area contributed by atoms with Gasteiger partial charge in [0.25, 0.3) is 0 Å². The predicted octanol–water partition coefficient (Wildman–Crippen LogP) is 3.98. The van der Waals surface area contributed by atoms with Gasteiger partial charge < -0.3 is 0 Å². The van der Waals surface area contributed by atoms with E-state index in [1.165, 1.54) is 12.0 Å². The van der Waals surface area contributed by atoms with Crippen LogP contribution in [0.4, 0.5) is 0 Å². The quantitative estimate of drug-likeness (QED) is 0.564. The smallest absolute Gasteiger partial charge is 0.136 e. The van der Waals surface area contributed by atoms with Gasteiger partial charge in [0.15, 0.2) is 0 Å². The molecule has 0 aromatic rings. The normalized spacial score (nSPS) is 35.6. The monoisotopic (exact) mass is 220 g/mol. The van der Waals surface area contributed by atoms with Gasteiger partial charge in [-0.2, -0.15) is 0 Å². The van der Waals surface area contributed by atoms with E-state index in [4.69, 9.17) is 0 Å². The van der Waals surface area contributed by atoms with Crippen LogP contribution in [0.2, 0.25) is 0 Å². The van der Waals surface area contributed by atoms with Gasteiger partial charge in [0.05, 0.1) is 0 Å². The fourth-order valence-corrected chi connectivity index (χ4v) is 3.30. The van der Waals surface area contributed by atoms with Crippen molar-refractivity contribution in [3.63, 3.8) is 0 Å². The van der Waals surface area contributed by atoms with Crippen LogP contribution in [0, 0.1) is 23.2 Å². The minimum absolute atomic E-state index is 0.287. The topological polar surface area (TPSA) is 17.1 Å². The van der Waals surface area contributed by atoms with Crippen molar-refractivity contribution in [3.05, 3.63) is 11.6 Å². The number of allylic oxidation sites excluding steroid dienone is 2. The van der Waals surface area contributed by atoms with E-state index < -0.39 is 0 Å². The number of fused-ring (bicyclic) bond motifs is 1. The Morgan fingerprint density at radius 3 is 2.56 bits per heavy atom. The number of hydrogen-bond acceptors (Lipinski definition) is 1. The van der Waals surface area contributed by atoms with Crippen molar-refractivity contribution in [1.82, 2.24) is 0 Å². The van der Waals surface area contributed by atoms with Crippen LogP contribution in [0.1, 0.15) is 53.4 Å². The lowest BCUT2D eigenvalue weighted by atomic mass is 9.62. The second-order valence-electron chi connectivity index (χ2n) is 6.83. The standard InChI is InChI=1S/C15H24O/c1-10-5-6-13-11(7-10)8-12(9-14(13)16)15(2,3)4/h5,11-13H,6-9H2,1-4H3/t11-,12-,13-/m1/s1. The van der Waals surface area contributed by atoms with E-state index in [0.717, 1.165) is 19.3 Å². The zero-order valence-electron chi connectivity index (χ0n) is 11.0. The summed E-state index contributed by atoms with van der Waals surface area (Å²) in [6.07, 6.45) is 6.51. The van der Waals surface area contributed by atoms with Gasteiger partial charge in [0.2, 0.25) is 0 Å². The number of hydrogen-bond donors (Lipinski definition) is 0. The van der Waals surface area contributed by atoms with Crippen LogP contribution < -0.4 is 0 Å². The summed E-state index contributed by atoms with van der Waals surface area (Å²) >= 11 is 0. The molecule has 0 unspecified atom stereocenters. The Labute approximate surface area is 99.3 Å². The van der Waals surface area contributed by atoms with E-state index in [2.05, 4.69) is 33.8 Å². The Bertz CT molecular complexity index is 319. The minimum atomic E-state index is 0.287. The molecule has 0 bridgehead atoms. The van der Waals surface area contributed by atoms with Crippen molar-refractivity contribution < 1.29 is 4.79 Å². The maximum Gasteiger partial charge on any atom is 0.136 e. The zero-order chi connectivity index (χ0) is 11.9. The van der Waals surface area contributed by atoms with Crippen LogP contribution in [0.15, 0.2) is 11.6 Å².